The van der Waals surface area contributed by atoms with Gasteiger partial charge in [-0.25, -0.2) is 0 Å². The topological polar surface area (TPSA) is 28.2 Å². The van der Waals surface area contributed by atoms with E-state index in [0.29, 0.717) is 0 Å². The van der Waals surface area contributed by atoms with E-state index in [2.05, 4.69) is 52.5 Å². The number of rotatable bonds is 5. The molecule has 0 spiro atoms. The first-order valence-electron chi connectivity index (χ1n) is 7.78. The molecule has 0 aliphatic carbocycles. The second-order valence-electron chi connectivity index (χ2n) is 5.69. The molecule has 1 aliphatic heterocycles. The molecule has 0 saturated heterocycles. The summed E-state index contributed by atoms with van der Waals surface area (Å²) in [5.74, 6) is 0. The molecule has 0 unspecified atom stereocenters. The molecule has 3 nitrogen and oxygen atoms in total. The highest BCUT2D eigenvalue weighted by Gasteiger charge is 2.10. The summed E-state index contributed by atoms with van der Waals surface area (Å²) in [6.45, 7) is 7.38. The average Bonchev–Trinajstić information content (AvgIpc) is 2.55. The fourth-order valence-electron chi connectivity index (χ4n) is 2.92. The fourth-order valence-corrected chi connectivity index (χ4v) is 2.92. The van der Waals surface area contributed by atoms with Crippen molar-refractivity contribution in [3.8, 4) is 0 Å². The zero-order valence-electron chi connectivity index (χ0n) is 12.7. The van der Waals surface area contributed by atoms with Crippen molar-refractivity contribution in [1.82, 2.24) is 15.2 Å². The summed E-state index contributed by atoms with van der Waals surface area (Å²) in [4.78, 5) is 6.55. The summed E-state index contributed by atoms with van der Waals surface area (Å²) in [6, 6.07) is 11.2. The second-order valence-corrected chi connectivity index (χ2v) is 5.69. The number of fused-ring (bicyclic) bond motifs is 1. The van der Waals surface area contributed by atoms with Crippen LogP contribution in [0.2, 0.25) is 0 Å². The first kappa shape index (κ1) is 14.2. The van der Waals surface area contributed by atoms with Gasteiger partial charge in [0.2, 0.25) is 0 Å². The van der Waals surface area contributed by atoms with Crippen LogP contribution >= 0.6 is 0 Å². The molecule has 1 N–H and O–H groups in total. The summed E-state index contributed by atoms with van der Waals surface area (Å²) in [7, 11) is 0. The number of benzene rings is 1. The van der Waals surface area contributed by atoms with Crippen LogP contribution in [-0.2, 0) is 26.1 Å². The fraction of sp³-hybridized carbons (Fsp3) is 0.389. The Morgan fingerprint density at radius 3 is 2.67 bits per heavy atom. The Morgan fingerprint density at radius 1 is 1.05 bits per heavy atom. The maximum atomic E-state index is 4.09. The van der Waals surface area contributed by atoms with Gasteiger partial charge in [-0.2, -0.15) is 0 Å². The van der Waals surface area contributed by atoms with Crippen molar-refractivity contribution in [1.29, 1.82) is 0 Å². The Kier molecular flexibility index (Phi) is 4.63. The standard InChI is InChI=1S/C18H23N3/c1-2-21(13-15-5-8-19-9-6-15)14-16-3-4-17-7-10-20-12-18(17)11-16/h3-6,8-9,11,20H,2,7,10,12-14H2,1H3. The lowest BCUT2D eigenvalue weighted by Gasteiger charge is -2.23. The van der Waals surface area contributed by atoms with Crippen LogP contribution in [0.5, 0.6) is 0 Å². The van der Waals surface area contributed by atoms with E-state index in [1.165, 1.54) is 22.3 Å². The Labute approximate surface area is 127 Å². The van der Waals surface area contributed by atoms with Gasteiger partial charge in [0.05, 0.1) is 0 Å². The molecule has 3 heteroatoms. The van der Waals surface area contributed by atoms with Crippen molar-refractivity contribution in [2.24, 2.45) is 0 Å². The Balaban J connectivity index is 1.69. The number of pyridine rings is 1. The molecule has 3 rings (SSSR count). The maximum Gasteiger partial charge on any atom is 0.0271 e. The number of hydrogen-bond donors (Lipinski definition) is 1. The van der Waals surface area contributed by atoms with Gasteiger partial charge in [0.15, 0.2) is 0 Å². The molecule has 0 radical (unpaired) electrons. The van der Waals surface area contributed by atoms with Gasteiger partial charge in [-0.15, -0.1) is 0 Å². The molecule has 0 saturated carbocycles. The Hall–Kier alpha value is -1.71. The molecule has 2 aromatic rings. The van der Waals surface area contributed by atoms with Crippen molar-refractivity contribution in [2.45, 2.75) is 33.0 Å². The summed E-state index contributed by atoms with van der Waals surface area (Å²) in [6.07, 6.45) is 4.89. The number of nitrogens with zero attached hydrogens (tertiary/aromatic N) is 2. The van der Waals surface area contributed by atoms with E-state index in [1.807, 2.05) is 12.4 Å². The zero-order valence-corrected chi connectivity index (χ0v) is 12.7. The van der Waals surface area contributed by atoms with Crippen LogP contribution in [0.1, 0.15) is 29.2 Å². The molecular weight excluding hydrogens is 258 g/mol. The van der Waals surface area contributed by atoms with Gasteiger partial charge in [0, 0.05) is 32.0 Å². The highest BCUT2D eigenvalue weighted by atomic mass is 15.1. The van der Waals surface area contributed by atoms with Crippen molar-refractivity contribution in [3.05, 3.63) is 65.0 Å². The minimum absolute atomic E-state index is 0.981. The Bertz CT molecular complexity index is 580. The third kappa shape index (κ3) is 3.69. The average molecular weight is 281 g/mol. The summed E-state index contributed by atoms with van der Waals surface area (Å²) < 4.78 is 0. The predicted molar refractivity (Wildman–Crippen MR) is 85.9 cm³/mol. The van der Waals surface area contributed by atoms with Crippen LogP contribution < -0.4 is 5.32 Å². The smallest absolute Gasteiger partial charge is 0.0271 e. The third-order valence-electron chi connectivity index (χ3n) is 4.17. The summed E-state index contributed by atoms with van der Waals surface area (Å²) >= 11 is 0. The van der Waals surface area contributed by atoms with Gasteiger partial charge < -0.3 is 5.32 Å². The monoisotopic (exact) mass is 281 g/mol. The van der Waals surface area contributed by atoms with Crippen LogP contribution in [0.15, 0.2) is 42.7 Å². The van der Waals surface area contributed by atoms with E-state index in [9.17, 15) is 0 Å². The Morgan fingerprint density at radius 2 is 1.86 bits per heavy atom. The van der Waals surface area contributed by atoms with Crippen LogP contribution in [0.25, 0.3) is 0 Å². The van der Waals surface area contributed by atoms with E-state index >= 15 is 0 Å². The molecule has 1 aliphatic rings. The third-order valence-corrected chi connectivity index (χ3v) is 4.17. The van der Waals surface area contributed by atoms with Gasteiger partial charge in [0.1, 0.15) is 0 Å². The van der Waals surface area contributed by atoms with Crippen LogP contribution in [0.3, 0.4) is 0 Å². The van der Waals surface area contributed by atoms with Crippen molar-refractivity contribution in [3.63, 3.8) is 0 Å². The molecule has 21 heavy (non-hydrogen) atoms. The molecule has 0 atom stereocenters. The van der Waals surface area contributed by atoms with Gasteiger partial charge >= 0.3 is 0 Å². The van der Waals surface area contributed by atoms with Crippen LogP contribution in [0, 0.1) is 0 Å². The van der Waals surface area contributed by atoms with Crippen LogP contribution in [-0.4, -0.2) is 23.0 Å². The number of aromatic nitrogens is 1. The summed E-state index contributed by atoms with van der Waals surface area (Å²) in [5.41, 5.74) is 5.72. The molecule has 110 valence electrons. The van der Waals surface area contributed by atoms with E-state index < -0.39 is 0 Å². The maximum absolute atomic E-state index is 4.09. The van der Waals surface area contributed by atoms with Crippen LogP contribution in [0.4, 0.5) is 0 Å². The highest BCUT2D eigenvalue weighted by molar-refractivity contribution is 5.33. The molecule has 0 fully saturated rings. The minimum Gasteiger partial charge on any atom is -0.312 e. The molecule has 0 bridgehead atoms. The lowest BCUT2D eigenvalue weighted by molar-refractivity contribution is 0.271. The SMILES string of the molecule is CCN(Cc1ccncc1)Cc1ccc2c(c1)CNCC2. The van der Waals surface area contributed by atoms with Crippen molar-refractivity contribution in [2.75, 3.05) is 13.1 Å². The molecule has 1 aromatic heterocycles. The van der Waals surface area contributed by atoms with Crippen molar-refractivity contribution >= 4 is 0 Å². The summed E-state index contributed by atoms with van der Waals surface area (Å²) in [5, 5.41) is 3.45. The molecule has 0 amide bonds. The molecular formula is C18H23N3. The van der Waals surface area contributed by atoms with E-state index in [0.717, 1.165) is 39.1 Å². The van der Waals surface area contributed by atoms with Gasteiger partial charge in [-0.3, -0.25) is 9.88 Å². The molecule has 2 heterocycles. The quantitative estimate of drug-likeness (QED) is 0.913. The van der Waals surface area contributed by atoms with E-state index in [1.54, 1.807) is 0 Å². The predicted octanol–water partition coefficient (Wildman–Crippen LogP) is 2.75. The van der Waals surface area contributed by atoms with Gasteiger partial charge in [-0.1, -0.05) is 25.1 Å². The van der Waals surface area contributed by atoms with E-state index in [4.69, 9.17) is 0 Å². The van der Waals surface area contributed by atoms with Crippen molar-refractivity contribution < 1.29 is 0 Å². The minimum atomic E-state index is 0.981. The molecule has 1 aromatic carbocycles. The number of nitrogens with one attached hydrogen (secondary N) is 1. The largest absolute Gasteiger partial charge is 0.312 e. The normalized spacial score (nSPS) is 14.2. The second kappa shape index (κ2) is 6.83. The highest BCUT2D eigenvalue weighted by Crippen LogP contribution is 2.17. The lowest BCUT2D eigenvalue weighted by Crippen LogP contribution is -2.25. The number of hydrogen-bond acceptors (Lipinski definition) is 3. The first-order valence-corrected chi connectivity index (χ1v) is 7.78. The first-order chi connectivity index (χ1) is 10.3. The van der Waals surface area contributed by atoms with Gasteiger partial charge in [-0.05, 0) is 53.9 Å². The van der Waals surface area contributed by atoms with Gasteiger partial charge in [0.25, 0.3) is 0 Å². The zero-order chi connectivity index (χ0) is 14.5. The van der Waals surface area contributed by atoms with E-state index in [-0.39, 0.29) is 0 Å². The lowest BCUT2D eigenvalue weighted by atomic mass is 9.98.